The van der Waals surface area contributed by atoms with Crippen LogP contribution in [0.25, 0.3) is 0 Å². The van der Waals surface area contributed by atoms with Gasteiger partial charge in [-0.15, -0.1) is 0 Å². The van der Waals surface area contributed by atoms with Crippen molar-refractivity contribution < 1.29 is 9.47 Å². The van der Waals surface area contributed by atoms with Gasteiger partial charge < -0.3 is 9.47 Å². The van der Waals surface area contributed by atoms with Crippen molar-refractivity contribution in [3.05, 3.63) is 34.9 Å². The van der Waals surface area contributed by atoms with E-state index in [0.29, 0.717) is 17.0 Å². The molecule has 4 unspecified atom stereocenters. The van der Waals surface area contributed by atoms with E-state index in [0.717, 1.165) is 0 Å². The molecule has 2 saturated heterocycles. The van der Waals surface area contributed by atoms with Crippen LogP contribution in [0.15, 0.2) is 24.3 Å². The molecule has 2 bridgehead atoms. The first-order valence-electron chi connectivity index (χ1n) is 8.69. The Bertz CT molecular complexity index is 911. The van der Waals surface area contributed by atoms with Crippen LogP contribution >= 0.6 is 11.6 Å². The lowest BCUT2D eigenvalue weighted by Crippen LogP contribution is -2.61. The van der Waals surface area contributed by atoms with Crippen molar-refractivity contribution in [2.24, 2.45) is 22.7 Å². The van der Waals surface area contributed by atoms with Gasteiger partial charge in [0.15, 0.2) is 10.8 Å². The van der Waals surface area contributed by atoms with Crippen molar-refractivity contribution in [1.29, 1.82) is 21.2 Å². The number of rotatable bonds is 3. The molecule has 0 amide bonds. The molecule has 27 heavy (non-hydrogen) atoms. The van der Waals surface area contributed by atoms with E-state index >= 15 is 0 Å². The van der Waals surface area contributed by atoms with Gasteiger partial charge in [0.05, 0.1) is 30.2 Å². The van der Waals surface area contributed by atoms with Crippen LogP contribution in [-0.4, -0.2) is 12.0 Å². The molecule has 0 radical (unpaired) electrons. The molecule has 1 aromatic carbocycles. The van der Waals surface area contributed by atoms with Gasteiger partial charge in [-0.2, -0.15) is 15.8 Å². The minimum absolute atomic E-state index is 0.102. The number of hydrogen-bond acceptors (Lipinski definition) is 6. The summed E-state index contributed by atoms with van der Waals surface area (Å²) in [6, 6.07) is 13.0. The molecule has 2 aliphatic heterocycles. The SMILES string of the molecule is CC(C)CC1OC2(c3cccc(Cl)c3)OC(=N)C(C#N)(C2C)C1(C#N)C#N. The van der Waals surface area contributed by atoms with Gasteiger partial charge >= 0.3 is 0 Å². The molecule has 4 atom stereocenters. The molecule has 3 rings (SSSR count). The lowest BCUT2D eigenvalue weighted by atomic mass is 9.53. The maximum atomic E-state index is 10.1. The lowest BCUT2D eigenvalue weighted by molar-refractivity contribution is -0.288. The molecular formula is C20H19ClN4O2. The second-order valence-electron chi connectivity index (χ2n) is 7.52. The summed E-state index contributed by atoms with van der Waals surface area (Å²) in [5, 5.41) is 39.0. The summed E-state index contributed by atoms with van der Waals surface area (Å²) in [6.07, 6.45) is -0.527. The van der Waals surface area contributed by atoms with Gasteiger partial charge in [0.25, 0.3) is 0 Å². The van der Waals surface area contributed by atoms with E-state index < -0.39 is 34.5 Å². The van der Waals surface area contributed by atoms with Crippen molar-refractivity contribution >= 4 is 17.5 Å². The van der Waals surface area contributed by atoms with Crippen LogP contribution < -0.4 is 0 Å². The maximum Gasteiger partial charge on any atom is 0.243 e. The monoisotopic (exact) mass is 382 g/mol. The highest BCUT2D eigenvalue weighted by Gasteiger charge is 2.79. The fraction of sp³-hybridized carbons (Fsp3) is 0.500. The summed E-state index contributed by atoms with van der Waals surface area (Å²) in [6.45, 7) is 5.57. The van der Waals surface area contributed by atoms with Crippen LogP contribution in [0.3, 0.4) is 0 Å². The van der Waals surface area contributed by atoms with E-state index in [1.54, 1.807) is 31.2 Å². The van der Waals surface area contributed by atoms with Gasteiger partial charge in [0.1, 0.15) is 0 Å². The van der Waals surface area contributed by atoms with Crippen molar-refractivity contribution in [3.63, 3.8) is 0 Å². The highest BCUT2D eigenvalue weighted by atomic mass is 35.5. The average Bonchev–Trinajstić information content (AvgIpc) is 2.79. The Kier molecular flexibility index (Phi) is 4.43. The Morgan fingerprint density at radius 3 is 2.41 bits per heavy atom. The molecule has 1 aromatic rings. The Morgan fingerprint density at radius 2 is 1.89 bits per heavy atom. The number of fused-ring (bicyclic) bond motifs is 2. The number of halogens is 1. The zero-order chi connectivity index (χ0) is 20.0. The first-order valence-corrected chi connectivity index (χ1v) is 9.07. The largest absolute Gasteiger partial charge is 0.443 e. The van der Waals surface area contributed by atoms with Crippen molar-refractivity contribution in [2.75, 3.05) is 0 Å². The highest BCUT2D eigenvalue weighted by Crippen LogP contribution is 2.66. The van der Waals surface area contributed by atoms with E-state index in [1.807, 2.05) is 26.0 Å². The van der Waals surface area contributed by atoms with Crippen LogP contribution in [-0.2, 0) is 15.3 Å². The predicted octanol–water partition coefficient (Wildman–Crippen LogP) is 4.12. The molecule has 7 heteroatoms. The molecule has 2 heterocycles. The minimum atomic E-state index is -1.85. The van der Waals surface area contributed by atoms with E-state index in [2.05, 4.69) is 6.07 Å². The minimum Gasteiger partial charge on any atom is -0.443 e. The lowest BCUT2D eigenvalue weighted by Gasteiger charge is -2.49. The van der Waals surface area contributed by atoms with E-state index in [-0.39, 0.29) is 5.92 Å². The van der Waals surface area contributed by atoms with Crippen molar-refractivity contribution in [1.82, 2.24) is 0 Å². The number of nitrogens with zero attached hydrogens (tertiary/aromatic N) is 3. The summed E-state index contributed by atoms with van der Waals surface area (Å²) in [5.74, 6) is -2.52. The van der Waals surface area contributed by atoms with Crippen LogP contribution in [0.5, 0.6) is 0 Å². The first kappa shape index (κ1) is 19.2. The number of hydrogen-bond donors (Lipinski definition) is 1. The van der Waals surface area contributed by atoms with Crippen LogP contribution in [0.1, 0.15) is 32.8 Å². The van der Waals surface area contributed by atoms with Gasteiger partial charge in [-0.05, 0) is 24.5 Å². The molecular weight excluding hydrogens is 364 g/mol. The first-order chi connectivity index (χ1) is 12.7. The molecule has 6 nitrogen and oxygen atoms in total. The summed E-state index contributed by atoms with van der Waals surface area (Å²) >= 11 is 6.15. The topological polar surface area (TPSA) is 114 Å². The molecule has 0 saturated carbocycles. The zero-order valence-electron chi connectivity index (χ0n) is 15.3. The van der Waals surface area contributed by atoms with Crippen molar-refractivity contribution in [3.8, 4) is 18.2 Å². The van der Waals surface area contributed by atoms with E-state index in [4.69, 9.17) is 26.5 Å². The predicted molar refractivity (Wildman–Crippen MR) is 97.1 cm³/mol. The molecule has 0 aliphatic carbocycles. The summed E-state index contributed by atoms with van der Waals surface area (Å²) < 4.78 is 12.2. The van der Waals surface area contributed by atoms with E-state index in [9.17, 15) is 15.8 Å². The third kappa shape index (κ3) is 2.23. The van der Waals surface area contributed by atoms with Gasteiger partial charge in [-0.1, -0.05) is 44.5 Å². The average molecular weight is 383 g/mol. The third-order valence-corrected chi connectivity index (χ3v) is 5.93. The smallest absolute Gasteiger partial charge is 0.243 e. The number of ether oxygens (including phenoxy) is 2. The number of nitrogens with one attached hydrogen (secondary N) is 1. The van der Waals surface area contributed by atoms with Gasteiger partial charge in [0.2, 0.25) is 11.7 Å². The van der Waals surface area contributed by atoms with Crippen LogP contribution in [0.4, 0.5) is 0 Å². The fourth-order valence-corrected chi connectivity index (χ4v) is 4.51. The molecule has 0 aromatic heterocycles. The van der Waals surface area contributed by atoms with Gasteiger partial charge in [0, 0.05) is 10.6 Å². The van der Waals surface area contributed by atoms with Crippen molar-refractivity contribution in [2.45, 2.75) is 39.1 Å². The summed E-state index contributed by atoms with van der Waals surface area (Å²) in [5.41, 5.74) is -3.03. The fourth-order valence-electron chi connectivity index (χ4n) is 4.32. The van der Waals surface area contributed by atoms with Gasteiger partial charge in [-0.3, -0.25) is 5.41 Å². The van der Waals surface area contributed by atoms with Crippen LogP contribution in [0.2, 0.25) is 5.02 Å². The maximum absolute atomic E-state index is 10.1. The Labute approximate surface area is 163 Å². The second-order valence-corrected chi connectivity index (χ2v) is 7.95. The quantitative estimate of drug-likeness (QED) is 0.844. The molecule has 2 fully saturated rings. The molecule has 138 valence electrons. The summed E-state index contributed by atoms with van der Waals surface area (Å²) in [7, 11) is 0. The third-order valence-electron chi connectivity index (χ3n) is 5.70. The van der Waals surface area contributed by atoms with Crippen LogP contribution in [0, 0.1) is 62.1 Å². The standard InChI is InChI=1S/C20H19ClN4O2/c1-12(2)7-16-18(9-22,10-23)19(11-24)13(3)20(26-16,27-17(19)25)14-5-4-6-15(21)8-14/h4-6,8,12-13,16,25H,7H2,1-3H3. The second kappa shape index (κ2) is 6.24. The van der Waals surface area contributed by atoms with E-state index in [1.165, 1.54) is 0 Å². The number of nitriles is 3. The normalized spacial score (nSPS) is 33.6. The molecule has 1 N–H and O–H groups in total. The summed E-state index contributed by atoms with van der Waals surface area (Å²) in [4.78, 5) is 0. The molecule has 0 spiro atoms. The Balaban J connectivity index is 2.31. The number of benzene rings is 1. The zero-order valence-corrected chi connectivity index (χ0v) is 16.0. The highest BCUT2D eigenvalue weighted by molar-refractivity contribution is 6.30. The Morgan fingerprint density at radius 1 is 1.22 bits per heavy atom. The molecule has 2 aliphatic rings. The Hall–Kier alpha value is -2.59. The van der Waals surface area contributed by atoms with Gasteiger partial charge in [-0.25, -0.2) is 0 Å².